The van der Waals surface area contributed by atoms with Gasteiger partial charge in [0.15, 0.2) is 0 Å². The lowest BCUT2D eigenvalue weighted by Crippen LogP contribution is -2.32. The van der Waals surface area contributed by atoms with E-state index < -0.39 is 0 Å². The van der Waals surface area contributed by atoms with Crippen molar-refractivity contribution in [2.45, 2.75) is 25.9 Å². The van der Waals surface area contributed by atoms with Gasteiger partial charge in [-0.1, -0.05) is 23.5 Å². The number of ether oxygens (including phenoxy) is 1. The van der Waals surface area contributed by atoms with E-state index in [1.54, 1.807) is 6.07 Å². The Morgan fingerprint density at radius 2 is 2.40 bits per heavy atom. The summed E-state index contributed by atoms with van der Waals surface area (Å²) in [5, 5.41) is 11.7. The van der Waals surface area contributed by atoms with Crippen molar-refractivity contribution in [3.8, 4) is 11.8 Å². The maximum Gasteiger partial charge on any atom is 0.252 e. The molecule has 0 bridgehead atoms. The zero-order chi connectivity index (χ0) is 14.4. The summed E-state index contributed by atoms with van der Waals surface area (Å²) < 4.78 is 5.48. The van der Waals surface area contributed by atoms with Crippen LogP contribution in [0.25, 0.3) is 0 Å². The predicted octanol–water partition coefficient (Wildman–Crippen LogP) is 1.25. The van der Waals surface area contributed by atoms with E-state index in [1.807, 2.05) is 19.1 Å². The fourth-order valence-electron chi connectivity index (χ4n) is 2.20. The predicted molar refractivity (Wildman–Crippen MR) is 76.5 cm³/mol. The molecular weight excluding hydrogens is 254 g/mol. The smallest absolute Gasteiger partial charge is 0.252 e. The van der Waals surface area contributed by atoms with Gasteiger partial charge in [0.05, 0.1) is 11.7 Å². The number of hydrogen-bond donors (Lipinski definition) is 2. The number of nitrogens with one attached hydrogen (secondary N) is 1. The highest BCUT2D eigenvalue weighted by Gasteiger charge is 2.17. The molecule has 4 nitrogen and oxygen atoms in total. The molecular formula is C16H19NO3. The van der Waals surface area contributed by atoms with Crippen LogP contribution in [0.4, 0.5) is 0 Å². The van der Waals surface area contributed by atoms with E-state index in [0.717, 1.165) is 25.0 Å². The Bertz CT molecular complexity index is 536. The van der Waals surface area contributed by atoms with Crippen molar-refractivity contribution in [3.63, 3.8) is 0 Å². The van der Waals surface area contributed by atoms with Crippen molar-refractivity contribution in [3.05, 3.63) is 34.9 Å². The van der Waals surface area contributed by atoms with Gasteiger partial charge < -0.3 is 15.2 Å². The number of rotatable bonds is 3. The highest BCUT2D eigenvalue weighted by Crippen LogP contribution is 2.13. The Morgan fingerprint density at radius 1 is 1.55 bits per heavy atom. The number of benzene rings is 1. The highest BCUT2D eigenvalue weighted by molar-refractivity contribution is 5.97. The first kappa shape index (κ1) is 14.6. The minimum Gasteiger partial charge on any atom is -0.384 e. The number of aliphatic hydroxyl groups excluding tert-OH is 1. The lowest BCUT2D eigenvalue weighted by molar-refractivity contribution is 0.0857. The van der Waals surface area contributed by atoms with Gasteiger partial charge in [0.25, 0.3) is 5.91 Å². The molecule has 1 fully saturated rings. The monoisotopic (exact) mass is 273 g/mol. The second-order valence-corrected chi connectivity index (χ2v) is 4.85. The van der Waals surface area contributed by atoms with E-state index in [0.29, 0.717) is 17.7 Å². The van der Waals surface area contributed by atoms with Crippen LogP contribution in [0, 0.1) is 18.8 Å². The third-order valence-electron chi connectivity index (χ3n) is 3.24. The maximum absolute atomic E-state index is 12.2. The SMILES string of the molecule is Cc1ccc(C#CCO)c(C(=O)NCC2CCCO2)c1. The number of carbonyl (C=O) groups excluding carboxylic acids is 1. The van der Waals surface area contributed by atoms with Gasteiger partial charge in [0.2, 0.25) is 0 Å². The van der Waals surface area contributed by atoms with Crippen LogP contribution in [0.5, 0.6) is 0 Å². The summed E-state index contributed by atoms with van der Waals surface area (Å²) in [7, 11) is 0. The highest BCUT2D eigenvalue weighted by atomic mass is 16.5. The summed E-state index contributed by atoms with van der Waals surface area (Å²) in [6, 6.07) is 5.52. The molecule has 20 heavy (non-hydrogen) atoms. The quantitative estimate of drug-likeness (QED) is 0.815. The largest absolute Gasteiger partial charge is 0.384 e. The first-order valence-electron chi connectivity index (χ1n) is 6.81. The van der Waals surface area contributed by atoms with E-state index in [4.69, 9.17) is 9.84 Å². The standard InChI is InChI=1S/C16H19NO3/c1-12-6-7-13(4-2-8-18)15(10-12)16(19)17-11-14-5-3-9-20-14/h6-7,10,14,18H,3,5,8-9,11H2,1H3,(H,17,19). The van der Waals surface area contributed by atoms with Crippen LogP contribution in [0.2, 0.25) is 0 Å². The van der Waals surface area contributed by atoms with Gasteiger partial charge in [0, 0.05) is 18.7 Å². The van der Waals surface area contributed by atoms with Crippen LogP contribution in [0.1, 0.15) is 34.3 Å². The molecule has 1 unspecified atom stereocenters. The van der Waals surface area contributed by atoms with Gasteiger partial charge in [-0.25, -0.2) is 0 Å². The Morgan fingerprint density at radius 3 is 3.10 bits per heavy atom. The zero-order valence-electron chi connectivity index (χ0n) is 11.6. The van der Waals surface area contributed by atoms with Crippen LogP contribution >= 0.6 is 0 Å². The summed E-state index contributed by atoms with van der Waals surface area (Å²) >= 11 is 0. The maximum atomic E-state index is 12.2. The number of hydrogen-bond acceptors (Lipinski definition) is 3. The van der Waals surface area contributed by atoms with Crippen molar-refractivity contribution >= 4 is 5.91 Å². The molecule has 1 aliphatic rings. The van der Waals surface area contributed by atoms with Crippen LogP contribution in [0.15, 0.2) is 18.2 Å². The van der Waals surface area contributed by atoms with E-state index in [2.05, 4.69) is 17.2 Å². The average molecular weight is 273 g/mol. The Hall–Kier alpha value is -1.83. The Kier molecular flexibility index (Phi) is 5.16. The Balaban J connectivity index is 2.08. The number of aryl methyl sites for hydroxylation is 1. The van der Waals surface area contributed by atoms with Crippen LogP contribution in [-0.2, 0) is 4.74 Å². The molecule has 2 rings (SSSR count). The molecule has 1 aliphatic heterocycles. The molecule has 0 spiro atoms. The van der Waals surface area contributed by atoms with Crippen molar-refractivity contribution in [1.82, 2.24) is 5.32 Å². The average Bonchev–Trinajstić information content (AvgIpc) is 2.96. The molecule has 0 aliphatic carbocycles. The van der Waals surface area contributed by atoms with Crippen molar-refractivity contribution in [2.24, 2.45) is 0 Å². The number of carbonyl (C=O) groups is 1. The first-order chi connectivity index (χ1) is 9.70. The van der Waals surface area contributed by atoms with Crippen molar-refractivity contribution in [2.75, 3.05) is 19.8 Å². The zero-order valence-corrected chi connectivity index (χ0v) is 11.6. The molecule has 1 aromatic rings. The fourth-order valence-corrected chi connectivity index (χ4v) is 2.20. The summed E-state index contributed by atoms with van der Waals surface area (Å²) in [5.74, 6) is 5.24. The van der Waals surface area contributed by atoms with Gasteiger partial charge >= 0.3 is 0 Å². The van der Waals surface area contributed by atoms with Crippen molar-refractivity contribution in [1.29, 1.82) is 0 Å². The topological polar surface area (TPSA) is 58.6 Å². The molecule has 0 saturated carbocycles. The number of amides is 1. The molecule has 1 heterocycles. The van der Waals surface area contributed by atoms with E-state index in [-0.39, 0.29) is 18.6 Å². The third-order valence-corrected chi connectivity index (χ3v) is 3.24. The molecule has 106 valence electrons. The normalized spacial score (nSPS) is 17.4. The lowest BCUT2D eigenvalue weighted by atomic mass is 10.0. The molecule has 4 heteroatoms. The summed E-state index contributed by atoms with van der Waals surface area (Å²) in [4.78, 5) is 12.2. The number of aliphatic hydroxyl groups is 1. The summed E-state index contributed by atoms with van der Waals surface area (Å²) in [6.07, 6.45) is 2.17. The summed E-state index contributed by atoms with van der Waals surface area (Å²) in [5.41, 5.74) is 2.18. The third kappa shape index (κ3) is 3.83. The van der Waals surface area contributed by atoms with Crippen LogP contribution in [0.3, 0.4) is 0 Å². The first-order valence-corrected chi connectivity index (χ1v) is 6.81. The van der Waals surface area contributed by atoms with E-state index in [9.17, 15) is 4.79 Å². The van der Waals surface area contributed by atoms with E-state index >= 15 is 0 Å². The van der Waals surface area contributed by atoms with Gasteiger partial charge in [-0.15, -0.1) is 0 Å². The van der Waals surface area contributed by atoms with Crippen molar-refractivity contribution < 1.29 is 14.6 Å². The molecule has 1 saturated heterocycles. The molecule has 2 N–H and O–H groups in total. The van der Waals surface area contributed by atoms with Gasteiger partial charge in [-0.3, -0.25) is 4.79 Å². The second kappa shape index (κ2) is 7.09. The molecule has 0 aromatic heterocycles. The Labute approximate surface area is 119 Å². The minimum atomic E-state index is -0.217. The molecule has 1 amide bonds. The summed E-state index contributed by atoms with van der Waals surface area (Å²) in [6.45, 7) is 3.02. The fraction of sp³-hybridized carbons (Fsp3) is 0.438. The van der Waals surface area contributed by atoms with Gasteiger partial charge in [0.1, 0.15) is 6.61 Å². The second-order valence-electron chi connectivity index (χ2n) is 4.85. The minimum absolute atomic E-state index is 0.121. The van der Waals surface area contributed by atoms with E-state index in [1.165, 1.54) is 0 Å². The van der Waals surface area contributed by atoms with Crippen LogP contribution < -0.4 is 5.32 Å². The van der Waals surface area contributed by atoms with Crippen LogP contribution in [-0.4, -0.2) is 36.9 Å². The molecule has 0 radical (unpaired) electrons. The molecule has 1 atom stereocenters. The van der Waals surface area contributed by atoms with Gasteiger partial charge in [-0.05, 0) is 31.9 Å². The lowest BCUT2D eigenvalue weighted by Gasteiger charge is -2.12. The van der Waals surface area contributed by atoms with Gasteiger partial charge in [-0.2, -0.15) is 0 Å². The molecule has 1 aromatic carbocycles.